The van der Waals surface area contributed by atoms with Gasteiger partial charge in [-0.2, -0.15) is 5.10 Å². The number of nitrogens with one attached hydrogen (secondary N) is 2. The van der Waals surface area contributed by atoms with E-state index >= 15 is 0 Å². The first-order chi connectivity index (χ1) is 12.2. The van der Waals surface area contributed by atoms with E-state index in [1.165, 1.54) is 18.0 Å². The number of carbonyl (C=O) groups excluding carboxylic acids is 1. The molecule has 1 amide bonds. The molecule has 0 aliphatic rings. The predicted molar refractivity (Wildman–Crippen MR) is 103 cm³/mol. The van der Waals surface area contributed by atoms with Gasteiger partial charge in [0.15, 0.2) is 10.8 Å². The quantitative estimate of drug-likeness (QED) is 0.543. The Morgan fingerprint density at radius 3 is 2.73 bits per heavy atom. The van der Waals surface area contributed by atoms with E-state index in [2.05, 4.69) is 20.4 Å². The van der Waals surface area contributed by atoms with E-state index in [1.807, 2.05) is 52.0 Å². The van der Waals surface area contributed by atoms with E-state index < -0.39 is 0 Å². The molecule has 0 fully saturated rings. The molecule has 1 aromatic carbocycles. The second kappa shape index (κ2) is 6.95. The summed E-state index contributed by atoms with van der Waals surface area (Å²) >= 11 is 1.19. The molecule has 8 heteroatoms. The second-order valence-electron chi connectivity index (χ2n) is 7.04. The average Bonchev–Trinajstić information content (AvgIpc) is 2.96. The molecule has 0 atom stereocenters. The van der Waals surface area contributed by atoms with Gasteiger partial charge >= 0.3 is 0 Å². The highest BCUT2D eigenvalue weighted by Crippen LogP contribution is 2.19. The van der Waals surface area contributed by atoms with Crippen molar-refractivity contribution < 1.29 is 4.79 Å². The fourth-order valence-corrected chi connectivity index (χ4v) is 3.19. The lowest BCUT2D eigenvalue weighted by Gasteiger charge is -2.20. The highest BCUT2D eigenvalue weighted by molar-refractivity contribution is 7.99. The number of benzene rings is 1. The maximum Gasteiger partial charge on any atom is 0.262 e. The number of aromatic nitrogens is 4. The van der Waals surface area contributed by atoms with Crippen LogP contribution in [0.1, 0.15) is 26.3 Å². The Bertz CT molecular complexity index is 1020. The smallest absolute Gasteiger partial charge is 0.262 e. The van der Waals surface area contributed by atoms with Crippen molar-refractivity contribution in [1.29, 1.82) is 0 Å². The van der Waals surface area contributed by atoms with Gasteiger partial charge in [-0.25, -0.2) is 9.67 Å². The minimum absolute atomic E-state index is 0.113. The van der Waals surface area contributed by atoms with Crippen molar-refractivity contribution in [2.75, 3.05) is 5.75 Å². The van der Waals surface area contributed by atoms with Gasteiger partial charge in [0.25, 0.3) is 5.56 Å². The fourth-order valence-electron chi connectivity index (χ4n) is 2.53. The molecule has 0 radical (unpaired) electrons. The Hall–Kier alpha value is -2.61. The van der Waals surface area contributed by atoms with E-state index in [1.54, 1.807) is 4.68 Å². The zero-order chi connectivity index (χ0) is 18.9. The lowest BCUT2D eigenvalue weighted by molar-refractivity contribution is -0.119. The van der Waals surface area contributed by atoms with Crippen molar-refractivity contribution >= 4 is 28.7 Å². The number of rotatable bonds is 4. The highest BCUT2D eigenvalue weighted by atomic mass is 32.2. The van der Waals surface area contributed by atoms with Crippen molar-refractivity contribution in [3.05, 3.63) is 46.4 Å². The van der Waals surface area contributed by atoms with Crippen LogP contribution in [0.2, 0.25) is 0 Å². The first-order valence-corrected chi connectivity index (χ1v) is 9.21. The van der Waals surface area contributed by atoms with Crippen molar-refractivity contribution in [3.63, 3.8) is 0 Å². The Morgan fingerprint density at radius 1 is 1.31 bits per heavy atom. The van der Waals surface area contributed by atoms with Gasteiger partial charge in [-0.1, -0.05) is 30.0 Å². The summed E-state index contributed by atoms with van der Waals surface area (Å²) in [5, 5.41) is 8.01. The topological polar surface area (TPSA) is 92.7 Å². The van der Waals surface area contributed by atoms with Crippen LogP contribution in [0.5, 0.6) is 0 Å². The normalized spacial score (nSPS) is 11.7. The molecule has 26 heavy (non-hydrogen) atoms. The molecule has 0 spiro atoms. The molecule has 2 heterocycles. The SMILES string of the molecule is Cc1ccccc1-n1ncc2c(=O)[nH]c(SCC(=O)NC(C)(C)C)nc21. The first kappa shape index (κ1) is 18.2. The van der Waals surface area contributed by atoms with E-state index in [9.17, 15) is 9.59 Å². The summed E-state index contributed by atoms with van der Waals surface area (Å²) in [4.78, 5) is 31.6. The molecule has 3 rings (SSSR count). The molecule has 0 aliphatic carbocycles. The third-order valence-electron chi connectivity index (χ3n) is 3.61. The maximum absolute atomic E-state index is 12.3. The van der Waals surface area contributed by atoms with Crippen LogP contribution in [0.15, 0.2) is 40.4 Å². The van der Waals surface area contributed by atoms with Crippen LogP contribution >= 0.6 is 11.8 Å². The molecule has 136 valence electrons. The van der Waals surface area contributed by atoms with Crippen LogP contribution in [0.25, 0.3) is 16.7 Å². The summed E-state index contributed by atoms with van der Waals surface area (Å²) in [6.45, 7) is 7.73. The van der Waals surface area contributed by atoms with Gasteiger partial charge in [0.2, 0.25) is 5.91 Å². The number of fused-ring (bicyclic) bond motifs is 1. The van der Waals surface area contributed by atoms with Crippen LogP contribution < -0.4 is 10.9 Å². The number of H-pyrrole nitrogens is 1. The van der Waals surface area contributed by atoms with E-state index in [-0.39, 0.29) is 22.8 Å². The number of hydrogen-bond donors (Lipinski definition) is 2. The number of amides is 1. The van der Waals surface area contributed by atoms with Crippen LogP contribution in [-0.2, 0) is 4.79 Å². The average molecular weight is 371 g/mol. The molecule has 0 unspecified atom stereocenters. The molecular weight excluding hydrogens is 350 g/mol. The molecule has 3 aromatic rings. The number of nitrogens with zero attached hydrogens (tertiary/aromatic N) is 3. The Labute approximate surface area is 155 Å². The Morgan fingerprint density at radius 2 is 2.04 bits per heavy atom. The lowest BCUT2D eigenvalue weighted by Crippen LogP contribution is -2.41. The fraction of sp³-hybridized carbons (Fsp3) is 0.333. The van der Waals surface area contributed by atoms with Crippen LogP contribution in [0.4, 0.5) is 0 Å². The van der Waals surface area contributed by atoms with E-state index in [0.29, 0.717) is 16.2 Å². The molecule has 0 saturated carbocycles. The Kier molecular flexibility index (Phi) is 4.86. The predicted octanol–water partition coefficient (Wildman–Crippen LogP) is 2.42. The van der Waals surface area contributed by atoms with Gasteiger partial charge < -0.3 is 10.3 Å². The van der Waals surface area contributed by atoms with E-state index in [0.717, 1.165) is 11.3 Å². The van der Waals surface area contributed by atoms with Gasteiger partial charge in [0, 0.05) is 5.54 Å². The zero-order valence-electron chi connectivity index (χ0n) is 15.2. The van der Waals surface area contributed by atoms with Crippen LogP contribution in [0, 0.1) is 6.92 Å². The molecule has 0 bridgehead atoms. The van der Waals surface area contributed by atoms with Gasteiger partial charge in [-0.15, -0.1) is 0 Å². The summed E-state index contributed by atoms with van der Waals surface area (Å²) in [7, 11) is 0. The van der Waals surface area contributed by atoms with Crippen molar-refractivity contribution in [1.82, 2.24) is 25.1 Å². The second-order valence-corrected chi connectivity index (χ2v) is 8.00. The summed E-state index contributed by atoms with van der Waals surface area (Å²) in [6.07, 6.45) is 1.51. The molecule has 7 nitrogen and oxygen atoms in total. The van der Waals surface area contributed by atoms with Gasteiger partial charge in [-0.05, 0) is 39.3 Å². The number of aryl methyl sites for hydroxylation is 1. The monoisotopic (exact) mass is 371 g/mol. The van der Waals surface area contributed by atoms with Crippen molar-refractivity contribution in [2.45, 2.75) is 38.4 Å². The third-order valence-corrected chi connectivity index (χ3v) is 4.49. The molecule has 0 aliphatic heterocycles. The van der Waals surface area contributed by atoms with Crippen LogP contribution in [-0.4, -0.2) is 36.9 Å². The van der Waals surface area contributed by atoms with Gasteiger partial charge in [0.1, 0.15) is 5.39 Å². The summed E-state index contributed by atoms with van der Waals surface area (Å²) < 4.78 is 1.65. The highest BCUT2D eigenvalue weighted by Gasteiger charge is 2.16. The zero-order valence-corrected chi connectivity index (χ0v) is 16.0. The number of aromatic amines is 1. The minimum Gasteiger partial charge on any atom is -0.351 e. The van der Waals surface area contributed by atoms with Gasteiger partial charge in [0.05, 0.1) is 17.6 Å². The number of hydrogen-bond acceptors (Lipinski definition) is 5. The molecule has 2 aromatic heterocycles. The van der Waals surface area contributed by atoms with Gasteiger partial charge in [-0.3, -0.25) is 9.59 Å². The van der Waals surface area contributed by atoms with E-state index in [4.69, 9.17) is 0 Å². The van der Waals surface area contributed by atoms with Crippen LogP contribution in [0.3, 0.4) is 0 Å². The van der Waals surface area contributed by atoms with Crippen molar-refractivity contribution in [3.8, 4) is 5.69 Å². The standard InChI is InChI=1S/C18H21N5O2S/c1-11-7-5-6-8-13(11)23-15-12(9-19-23)16(25)21-17(20-15)26-10-14(24)22-18(2,3)4/h5-9H,10H2,1-4H3,(H,22,24)(H,20,21,25). The largest absolute Gasteiger partial charge is 0.351 e. The summed E-state index contributed by atoms with van der Waals surface area (Å²) in [6, 6.07) is 7.76. The summed E-state index contributed by atoms with van der Waals surface area (Å²) in [5.74, 6) is 0.0576. The molecule has 2 N–H and O–H groups in total. The first-order valence-electron chi connectivity index (χ1n) is 8.22. The number of para-hydroxylation sites is 1. The van der Waals surface area contributed by atoms with Crippen molar-refractivity contribution in [2.24, 2.45) is 0 Å². The minimum atomic E-state index is -0.300. The maximum atomic E-state index is 12.3. The molecule has 0 saturated heterocycles. The Balaban J connectivity index is 1.92. The number of carbonyl (C=O) groups is 1. The summed E-state index contributed by atoms with van der Waals surface area (Å²) in [5.41, 5.74) is 1.79. The molecular formula is C18H21N5O2S. The number of thioether (sulfide) groups is 1. The lowest BCUT2D eigenvalue weighted by atomic mass is 10.1. The third kappa shape index (κ3) is 3.96.